The zero-order valence-electron chi connectivity index (χ0n) is 11.8. The minimum Gasteiger partial charge on any atom is -0.457 e. The number of carbonyl (C=O) groups is 3. The molecule has 0 saturated carbocycles. The normalized spacial score (nSPS) is 24.4. The van der Waals surface area contributed by atoms with Gasteiger partial charge in [-0.3, -0.25) is 19.8 Å². The summed E-state index contributed by atoms with van der Waals surface area (Å²) in [5.41, 5.74) is 0.894. The number of urea groups is 1. The topological polar surface area (TPSA) is 125 Å². The van der Waals surface area contributed by atoms with E-state index in [1.807, 2.05) is 0 Å². The Kier molecular flexibility index (Phi) is 2.85. The summed E-state index contributed by atoms with van der Waals surface area (Å²) in [7, 11) is 0. The van der Waals surface area contributed by atoms with E-state index >= 15 is 0 Å². The van der Waals surface area contributed by atoms with Crippen LogP contribution in [0.5, 0.6) is 0 Å². The molecule has 9 heteroatoms. The van der Waals surface area contributed by atoms with Crippen LogP contribution in [0.1, 0.15) is 18.2 Å². The zero-order chi connectivity index (χ0) is 16.1. The van der Waals surface area contributed by atoms with Gasteiger partial charge in [-0.2, -0.15) is 0 Å². The lowest BCUT2D eigenvalue weighted by Gasteiger charge is -2.14. The number of nitrogens with zero attached hydrogens (tertiary/aromatic N) is 2. The molecule has 9 nitrogen and oxygen atoms in total. The molecule has 2 aromatic heterocycles. The molecule has 0 bridgehead atoms. The molecule has 2 aromatic rings. The fourth-order valence-corrected chi connectivity index (χ4v) is 2.73. The summed E-state index contributed by atoms with van der Waals surface area (Å²) in [6, 6.07) is 3.32. The van der Waals surface area contributed by atoms with E-state index in [1.165, 1.54) is 4.90 Å². The average molecular weight is 316 g/mol. The van der Waals surface area contributed by atoms with Crippen LogP contribution in [0.3, 0.4) is 0 Å². The van der Waals surface area contributed by atoms with Crippen molar-refractivity contribution in [2.45, 2.75) is 18.6 Å². The Bertz CT molecular complexity index is 845. The number of anilines is 1. The molecule has 0 unspecified atom stereocenters. The maximum Gasteiger partial charge on any atom is 0.322 e. The number of imide groups is 1. The van der Waals surface area contributed by atoms with Gasteiger partial charge in [0.2, 0.25) is 0 Å². The lowest BCUT2D eigenvalue weighted by Crippen LogP contribution is -2.29. The van der Waals surface area contributed by atoms with E-state index in [-0.39, 0.29) is 11.7 Å². The standard InChI is InChI=1S/C14H12N4O5/c19-7-3-4-18(13(7)21)10-2-1-8-6(15-10)5-9(23-8)11-12(20)17-14(22)16-11/h1-2,5,7,11,19H,3-4H2,(H2,16,17,20,22)/t7-,11+/m0/s1. The molecule has 3 N–H and O–H groups in total. The number of hydrogen-bond donors (Lipinski definition) is 3. The fraction of sp³-hybridized carbons (Fsp3) is 0.286. The average Bonchev–Trinajstić information content (AvgIpc) is 3.17. The largest absolute Gasteiger partial charge is 0.457 e. The Hall–Kier alpha value is -2.94. The first-order valence-corrected chi connectivity index (χ1v) is 7.04. The SMILES string of the molecule is O=C1NC(=O)[C@@H](c2cc3nc(N4CC[C@H](O)C4=O)ccc3o2)N1. The molecule has 2 aliphatic rings. The number of nitrogens with one attached hydrogen (secondary N) is 2. The van der Waals surface area contributed by atoms with E-state index < -0.39 is 24.1 Å². The monoisotopic (exact) mass is 316 g/mol. The number of aliphatic hydroxyl groups excluding tert-OH is 1. The van der Waals surface area contributed by atoms with Crippen molar-refractivity contribution in [3.8, 4) is 0 Å². The third kappa shape index (κ3) is 2.13. The maximum atomic E-state index is 11.8. The van der Waals surface area contributed by atoms with Crippen LogP contribution in [-0.4, -0.2) is 40.6 Å². The smallest absolute Gasteiger partial charge is 0.322 e. The highest BCUT2D eigenvalue weighted by Crippen LogP contribution is 2.28. The molecule has 2 saturated heterocycles. The predicted molar refractivity (Wildman–Crippen MR) is 76.4 cm³/mol. The zero-order valence-corrected chi connectivity index (χ0v) is 11.8. The Morgan fingerprint density at radius 3 is 2.78 bits per heavy atom. The van der Waals surface area contributed by atoms with Crippen molar-refractivity contribution < 1.29 is 23.9 Å². The van der Waals surface area contributed by atoms with Gasteiger partial charge in [-0.1, -0.05) is 0 Å². The van der Waals surface area contributed by atoms with Gasteiger partial charge in [-0.05, 0) is 12.1 Å². The summed E-state index contributed by atoms with van der Waals surface area (Å²) >= 11 is 0. The molecule has 118 valence electrons. The fourth-order valence-electron chi connectivity index (χ4n) is 2.73. The van der Waals surface area contributed by atoms with Crippen molar-refractivity contribution >= 4 is 34.8 Å². The summed E-state index contributed by atoms with van der Waals surface area (Å²) in [6.07, 6.45) is -0.631. The minimum atomic E-state index is -0.996. The second-order valence-corrected chi connectivity index (χ2v) is 5.39. The number of aromatic nitrogens is 1. The molecule has 0 aliphatic carbocycles. The number of rotatable bonds is 2. The van der Waals surface area contributed by atoms with E-state index in [4.69, 9.17) is 4.42 Å². The molecule has 4 rings (SSSR count). The van der Waals surface area contributed by atoms with Crippen LogP contribution in [0.15, 0.2) is 22.6 Å². The van der Waals surface area contributed by atoms with E-state index in [1.54, 1.807) is 18.2 Å². The lowest BCUT2D eigenvalue weighted by molar-refractivity contribution is -0.124. The van der Waals surface area contributed by atoms with Crippen molar-refractivity contribution in [3.63, 3.8) is 0 Å². The highest BCUT2D eigenvalue weighted by atomic mass is 16.3. The van der Waals surface area contributed by atoms with Crippen molar-refractivity contribution in [2.75, 3.05) is 11.4 Å². The van der Waals surface area contributed by atoms with Gasteiger partial charge >= 0.3 is 6.03 Å². The summed E-state index contributed by atoms with van der Waals surface area (Å²) in [4.78, 5) is 40.4. The number of carbonyl (C=O) groups excluding carboxylic acids is 3. The van der Waals surface area contributed by atoms with E-state index in [0.717, 1.165) is 0 Å². The molecular formula is C14H12N4O5. The minimum absolute atomic E-state index is 0.265. The summed E-state index contributed by atoms with van der Waals surface area (Å²) in [6.45, 7) is 0.393. The number of aliphatic hydroxyl groups is 1. The van der Waals surface area contributed by atoms with Gasteiger partial charge in [0.1, 0.15) is 23.2 Å². The first kappa shape index (κ1) is 13.7. The Morgan fingerprint density at radius 1 is 1.30 bits per heavy atom. The number of amides is 4. The molecule has 4 heterocycles. The summed E-state index contributed by atoms with van der Waals surface area (Å²) in [5.74, 6) is -0.206. The van der Waals surface area contributed by atoms with Crippen molar-refractivity contribution in [2.24, 2.45) is 0 Å². The highest BCUT2D eigenvalue weighted by Gasteiger charge is 2.34. The number of pyridine rings is 1. The lowest BCUT2D eigenvalue weighted by atomic mass is 10.2. The molecule has 23 heavy (non-hydrogen) atoms. The molecule has 0 aromatic carbocycles. The second kappa shape index (κ2) is 4.78. The Morgan fingerprint density at radius 2 is 2.13 bits per heavy atom. The molecule has 2 atom stereocenters. The molecule has 4 amide bonds. The quantitative estimate of drug-likeness (QED) is 0.659. The van der Waals surface area contributed by atoms with Gasteiger partial charge in [0.15, 0.2) is 11.6 Å². The van der Waals surface area contributed by atoms with Gasteiger partial charge in [0.25, 0.3) is 11.8 Å². The number of furan rings is 1. The molecule has 2 fully saturated rings. The van der Waals surface area contributed by atoms with Crippen molar-refractivity contribution in [3.05, 3.63) is 24.0 Å². The van der Waals surface area contributed by atoms with Gasteiger partial charge < -0.3 is 14.8 Å². The van der Waals surface area contributed by atoms with Gasteiger partial charge in [0.05, 0.1) is 0 Å². The summed E-state index contributed by atoms with van der Waals surface area (Å²) in [5, 5.41) is 14.1. The van der Waals surface area contributed by atoms with Gasteiger partial charge in [0, 0.05) is 19.0 Å². The molecular weight excluding hydrogens is 304 g/mol. The Labute approximate surface area is 129 Å². The highest BCUT2D eigenvalue weighted by molar-refractivity contribution is 6.04. The van der Waals surface area contributed by atoms with Crippen LogP contribution < -0.4 is 15.5 Å². The first-order chi connectivity index (χ1) is 11.0. The van der Waals surface area contributed by atoms with Crippen LogP contribution in [0.4, 0.5) is 10.6 Å². The van der Waals surface area contributed by atoms with E-state index in [9.17, 15) is 19.5 Å². The van der Waals surface area contributed by atoms with E-state index in [2.05, 4.69) is 15.6 Å². The molecule has 0 radical (unpaired) electrons. The van der Waals surface area contributed by atoms with Crippen LogP contribution in [0.2, 0.25) is 0 Å². The second-order valence-electron chi connectivity index (χ2n) is 5.39. The van der Waals surface area contributed by atoms with Crippen molar-refractivity contribution in [1.82, 2.24) is 15.6 Å². The van der Waals surface area contributed by atoms with Crippen LogP contribution in [0.25, 0.3) is 11.1 Å². The van der Waals surface area contributed by atoms with Crippen LogP contribution in [-0.2, 0) is 9.59 Å². The van der Waals surface area contributed by atoms with Gasteiger partial charge in [-0.15, -0.1) is 0 Å². The maximum absolute atomic E-state index is 11.8. The molecule has 0 spiro atoms. The van der Waals surface area contributed by atoms with Gasteiger partial charge in [-0.25, -0.2) is 9.78 Å². The predicted octanol–water partition coefficient (Wildman–Crippen LogP) is -0.194. The Balaban J connectivity index is 1.69. The van der Waals surface area contributed by atoms with Crippen LogP contribution in [0, 0.1) is 0 Å². The summed E-state index contributed by atoms with van der Waals surface area (Å²) < 4.78 is 5.55. The third-order valence-electron chi connectivity index (χ3n) is 3.89. The number of hydrogen-bond acceptors (Lipinski definition) is 6. The third-order valence-corrected chi connectivity index (χ3v) is 3.89. The van der Waals surface area contributed by atoms with Crippen molar-refractivity contribution in [1.29, 1.82) is 0 Å². The van der Waals surface area contributed by atoms with Crippen LogP contribution >= 0.6 is 0 Å². The number of fused-ring (bicyclic) bond motifs is 1. The molecule has 2 aliphatic heterocycles. The first-order valence-electron chi connectivity index (χ1n) is 7.04. The van der Waals surface area contributed by atoms with E-state index in [0.29, 0.717) is 29.9 Å².